The second-order valence-corrected chi connectivity index (χ2v) is 3.31. The maximum Gasteiger partial charge on any atom is 0.147 e. The van der Waals surface area contributed by atoms with Crippen LogP contribution in [0, 0.1) is 18.3 Å². The molecule has 13 heavy (non-hydrogen) atoms. The number of rotatable bonds is 2. The summed E-state index contributed by atoms with van der Waals surface area (Å²) in [5.41, 5.74) is 2.49. The fraction of sp³-hybridized carbons (Fsp3) is 0.400. The first-order valence-corrected chi connectivity index (χ1v) is 4.63. The van der Waals surface area contributed by atoms with E-state index in [0.29, 0.717) is 10.7 Å². The average molecular weight is 195 g/mol. The summed E-state index contributed by atoms with van der Waals surface area (Å²) in [6.45, 7) is 4.04. The van der Waals surface area contributed by atoms with Crippen molar-refractivity contribution in [2.45, 2.75) is 26.7 Å². The van der Waals surface area contributed by atoms with Crippen molar-refractivity contribution >= 4 is 11.6 Å². The van der Waals surface area contributed by atoms with Crippen molar-refractivity contribution in [1.29, 1.82) is 5.26 Å². The highest BCUT2D eigenvalue weighted by Crippen LogP contribution is 2.17. The first kappa shape index (κ1) is 10.0. The van der Waals surface area contributed by atoms with Gasteiger partial charge in [-0.25, -0.2) is 4.98 Å². The van der Waals surface area contributed by atoms with Crippen molar-refractivity contribution in [2.24, 2.45) is 0 Å². The third-order valence-corrected chi connectivity index (χ3v) is 2.17. The van der Waals surface area contributed by atoms with Gasteiger partial charge in [-0.05, 0) is 25.0 Å². The molecule has 1 aromatic rings. The Bertz CT molecular complexity index is 353. The summed E-state index contributed by atoms with van der Waals surface area (Å²) in [4.78, 5) is 4.18. The van der Waals surface area contributed by atoms with Gasteiger partial charge in [-0.15, -0.1) is 0 Å². The van der Waals surface area contributed by atoms with Crippen LogP contribution in [-0.2, 0) is 6.42 Å². The Morgan fingerprint density at radius 1 is 1.62 bits per heavy atom. The van der Waals surface area contributed by atoms with Crippen LogP contribution in [0.15, 0.2) is 6.07 Å². The maximum absolute atomic E-state index is 8.69. The first-order valence-electron chi connectivity index (χ1n) is 4.25. The third-order valence-electron chi connectivity index (χ3n) is 1.88. The van der Waals surface area contributed by atoms with E-state index in [9.17, 15) is 0 Å². The van der Waals surface area contributed by atoms with Crippen LogP contribution < -0.4 is 0 Å². The van der Waals surface area contributed by atoms with Gasteiger partial charge in [-0.3, -0.25) is 0 Å². The highest BCUT2D eigenvalue weighted by molar-refractivity contribution is 6.30. The molecule has 0 saturated carbocycles. The molecule has 1 rings (SSSR count). The van der Waals surface area contributed by atoms with Crippen LogP contribution in [0.4, 0.5) is 0 Å². The van der Waals surface area contributed by atoms with Crippen LogP contribution in [0.1, 0.15) is 30.2 Å². The molecule has 0 N–H and O–H groups in total. The van der Waals surface area contributed by atoms with Gasteiger partial charge in [-0.2, -0.15) is 5.26 Å². The molecule has 0 spiro atoms. The van der Waals surface area contributed by atoms with Crippen molar-refractivity contribution in [2.75, 3.05) is 0 Å². The lowest BCUT2D eigenvalue weighted by Crippen LogP contribution is -1.96. The molecule has 0 aromatic carbocycles. The molecule has 1 heterocycles. The van der Waals surface area contributed by atoms with Crippen LogP contribution in [0.25, 0.3) is 0 Å². The summed E-state index contributed by atoms with van der Waals surface area (Å²) < 4.78 is 0. The topological polar surface area (TPSA) is 36.7 Å². The van der Waals surface area contributed by atoms with Crippen LogP contribution >= 0.6 is 11.6 Å². The second-order valence-electron chi connectivity index (χ2n) is 2.95. The molecule has 0 aliphatic rings. The molecule has 0 amide bonds. The minimum Gasteiger partial charge on any atom is -0.239 e. The lowest BCUT2D eigenvalue weighted by atomic mass is 10.1. The van der Waals surface area contributed by atoms with E-state index < -0.39 is 0 Å². The molecule has 0 atom stereocenters. The van der Waals surface area contributed by atoms with Gasteiger partial charge in [0, 0.05) is 5.69 Å². The number of pyridine rings is 1. The van der Waals surface area contributed by atoms with Crippen molar-refractivity contribution in [1.82, 2.24) is 4.98 Å². The molecule has 68 valence electrons. The Hall–Kier alpha value is -1.07. The van der Waals surface area contributed by atoms with Gasteiger partial charge in [0.2, 0.25) is 0 Å². The fourth-order valence-electron chi connectivity index (χ4n) is 1.19. The lowest BCUT2D eigenvalue weighted by molar-refractivity contribution is 0.870. The van der Waals surface area contributed by atoms with E-state index in [1.807, 2.05) is 13.0 Å². The molecule has 0 fully saturated rings. The monoisotopic (exact) mass is 194 g/mol. The van der Waals surface area contributed by atoms with Gasteiger partial charge < -0.3 is 0 Å². The second kappa shape index (κ2) is 4.25. The van der Waals surface area contributed by atoms with E-state index in [1.54, 1.807) is 6.07 Å². The van der Waals surface area contributed by atoms with Gasteiger partial charge in [0.05, 0.1) is 5.56 Å². The van der Waals surface area contributed by atoms with Crippen LogP contribution in [0.3, 0.4) is 0 Å². The first-order chi connectivity index (χ1) is 6.19. The van der Waals surface area contributed by atoms with Crippen molar-refractivity contribution < 1.29 is 0 Å². The summed E-state index contributed by atoms with van der Waals surface area (Å²) in [6, 6.07) is 3.80. The van der Waals surface area contributed by atoms with E-state index in [2.05, 4.69) is 11.9 Å². The molecule has 0 saturated heterocycles. The number of nitrogens with zero attached hydrogens (tertiary/aromatic N) is 2. The molecule has 2 nitrogen and oxygen atoms in total. The van der Waals surface area contributed by atoms with E-state index in [4.69, 9.17) is 16.9 Å². The number of aromatic nitrogens is 1. The minimum atomic E-state index is 0.316. The zero-order valence-corrected chi connectivity index (χ0v) is 8.52. The number of halogens is 1. The molecule has 0 bridgehead atoms. The summed E-state index contributed by atoms with van der Waals surface area (Å²) in [5.74, 6) is 0. The van der Waals surface area contributed by atoms with Gasteiger partial charge in [0.15, 0.2) is 0 Å². The Kier molecular flexibility index (Phi) is 3.27. The molecular formula is C10H11ClN2. The van der Waals surface area contributed by atoms with Gasteiger partial charge >= 0.3 is 0 Å². The summed E-state index contributed by atoms with van der Waals surface area (Å²) >= 11 is 5.80. The van der Waals surface area contributed by atoms with E-state index in [0.717, 1.165) is 24.1 Å². The molecule has 0 aliphatic heterocycles. The fourth-order valence-corrected chi connectivity index (χ4v) is 1.39. The zero-order valence-electron chi connectivity index (χ0n) is 7.76. The normalized spacial score (nSPS) is 9.69. The highest BCUT2D eigenvalue weighted by atomic mass is 35.5. The summed E-state index contributed by atoms with van der Waals surface area (Å²) in [7, 11) is 0. The molecular weight excluding hydrogens is 184 g/mol. The predicted octanol–water partition coefficient (Wildman–Crippen LogP) is 2.87. The number of aryl methyl sites for hydroxylation is 2. The van der Waals surface area contributed by atoms with E-state index >= 15 is 0 Å². The van der Waals surface area contributed by atoms with Gasteiger partial charge in [-0.1, -0.05) is 24.9 Å². The predicted molar refractivity (Wildman–Crippen MR) is 52.7 cm³/mol. The number of nitriles is 1. The molecule has 0 aliphatic carbocycles. The Labute approximate surface area is 83.2 Å². The smallest absolute Gasteiger partial charge is 0.147 e. The van der Waals surface area contributed by atoms with Crippen molar-refractivity contribution in [3.05, 3.63) is 28.0 Å². The Morgan fingerprint density at radius 3 is 2.85 bits per heavy atom. The lowest BCUT2D eigenvalue weighted by Gasteiger charge is -2.04. The largest absolute Gasteiger partial charge is 0.239 e. The summed E-state index contributed by atoms with van der Waals surface area (Å²) in [6.07, 6.45) is 1.95. The van der Waals surface area contributed by atoms with Crippen LogP contribution in [0.5, 0.6) is 0 Å². The van der Waals surface area contributed by atoms with Crippen LogP contribution in [-0.4, -0.2) is 4.98 Å². The molecule has 1 aromatic heterocycles. The highest BCUT2D eigenvalue weighted by Gasteiger charge is 2.05. The average Bonchev–Trinajstić information content (AvgIpc) is 2.11. The zero-order chi connectivity index (χ0) is 9.84. The number of hydrogen-bond acceptors (Lipinski definition) is 2. The van der Waals surface area contributed by atoms with Crippen LogP contribution in [0.2, 0.25) is 5.15 Å². The van der Waals surface area contributed by atoms with Crippen molar-refractivity contribution in [3.63, 3.8) is 0 Å². The van der Waals surface area contributed by atoms with Crippen molar-refractivity contribution in [3.8, 4) is 6.07 Å². The SMILES string of the molecule is CCCc1nc(Cl)c(C#N)cc1C. The van der Waals surface area contributed by atoms with E-state index in [1.165, 1.54) is 0 Å². The minimum absolute atomic E-state index is 0.316. The Balaban J connectivity index is 3.14. The molecule has 0 radical (unpaired) electrons. The van der Waals surface area contributed by atoms with Gasteiger partial charge in [0.25, 0.3) is 0 Å². The maximum atomic E-state index is 8.69. The third kappa shape index (κ3) is 2.19. The Morgan fingerprint density at radius 2 is 2.31 bits per heavy atom. The van der Waals surface area contributed by atoms with E-state index in [-0.39, 0.29) is 0 Å². The summed E-state index contributed by atoms with van der Waals surface area (Å²) in [5, 5.41) is 9.01. The standard InChI is InChI=1S/C10H11ClN2/c1-3-4-9-7(2)5-8(6-12)10(11)13-9/h5H,3-4H2,1-2H3. The van der Waals surface area contributed by atoms with Gasteiger partial charge in [0.1, 0.15) is 11.2 Å². The quantitative estimate of drug-likeness (QED) is 0.679. The number of hydrogen-bond donors (Lipinski definition) is 0. The molecule has 0 unspecified atom stereocenters. The molecule has 3 heteroatoms.